The molecule has 0 aliphatic rings. The quantitative estimate of drug-likeness (QED) is 0.624. The van der Waals surface area contributed by atoms with Crippen LogP contribution in [0.1, 0.15) is 0 Å². The van der Waals surface area contributed by atoms with Crippen molar-refractivity contribution < 1.29 is 4.39 Å². The molecule has 3 N–H and O–H groups in total. The Bertz CT molecular complexity index is 518. The van der Waals surface area contributed by atoms with Crippen molar-refractivity contribution in [2.75, 3.05) is 11.1 Å². The third kappa shape index (κ3) is 2.04. The van der Waals surface area contributed by atoms with Gasteiger partial charge in [-0.15, -0.1) is 0 Å². The molecule has 0 aliphatic carbocycles. The monoisotopic (exact) mass is 238 g/mol. The summed E-state index contributed by atoms with van der Waals surface area (Å²) in [4.78, 5) is 7.15. The molecule has 0 atom stereocenters. The van der Waals surface area contributed by atoms with Crippen molar-refractivity contribution in [1.82, 2.24) is 9.97 Å². The van der Waals surface area contributed by atoms with Crippen LogP contribution in [0.3, 0.4) is 0 Å². The standard InChI is InChI=1S/C10H8ClFN4/c11-8-9(12)14-5-15-10(8)16-7-4-2-1-3-6(7)13/h1-5H,13H2,(H,14,15,16). The van der Waals surface area contributed by atoms with Crippen LogP contribution in [0.25, 0.3) is 0 Å². The number of hydrogen-bond acceptors (Lipinski definition) is 4. The number of rotatable bonds is 2. The fraction of sp³-hybridized carbons (Fsp3) is 0. The van der Waals surface area contributed by atoms with Crippen molar-refractivity contribution in [2.24, 2.45) is 0 Å². The minimum Gasteiger partial charge on any atom is -0.397 e. The minimum absolute atomic E-state index is 0.161. The zero-order valence-corrected chi connectivity index (χ0v) is 8.87. The third-order valence-corrected chi connectivity index (χ3v) is 2.30. The third-order valence-electron chi connectivity index (χ3n) is 1.96. The van der Waals surface area contributed by atoms with Gasteiger partial charge in [0.2, 0.25) is 5.95 Å². The summed E-state index contributed by atoms with van der Waals surface area (Å²) in [7, 11) is 0. The summed E-state index contributed by atoms with van der Waals surface area (Å²) in [6, 6.07) is 7.05. The Hall–Kier alpha value is -1.88. The number of anilines is 3. The van der Waals surface area contributed by atoms with Crippen LogP contribution in [0, 0.1) is 5.95 Å². The molecule has 0 radical (unpaired) electrons. The van der Waals surface area contributed by atoms with Crippen LogP contribution >= 0.6 is 11.6 Å². The van der Waals surface area contributed by atoms with Crippen molar-refractivity contribution in [1.29, 1.82) is 0 Å². The highest BCUT2D eigenvalue weighted by Crippen LogP contribution is 2.26. The molecule has 0 spiro atoms. The van der Waals surface area contributed by atoms with Gasteiger partial charge in [-0.05, 0) is 12.1 Å². The molecule has 2 rings (SSSR count). The number of nitrogen functional groups attached to an aromatic ring is 1. The van der Waals surface area contributed by atoms with Gasteiger partial charge in [0.25, 0.3) is 0 Å². The number of benzene rings is 1. The van der Waals surface area contributed by atoms with Crippen molar-refractivity contribution >= 4 is 28.8 Å². The van der Waals surface area contributed by atoms with E-state index < -0.39 is 5.95 Å². The minimum atomic E-state index is -0.770. The van der Waals surface area contributed by atoms with Crippen LogP contribution in [0.15, 0.2) is 30.6 Å². The van der Waals surface area contributed by atoms with Gasteiger partial charge in [-0.1, -0.05) is 23.7 Å². The average Bonchev–Trinajstić information content (AvgIpc) is 2.28. The summed E-state index contributed by atoms with van der Waals surface area (Å²) in [6.07, 6.45) is 1.09. The van der Waals surface area contributed by atoms with Gasteiger partial charge in [0, 0.05) is 0 Å². The second kappa shape index (κ2) is 4.32. The van der Waals surface area contributed by atoms with E-state index in [0.717, 1.165) is 6.33 Å². The second-order valence-corrected chi connectivity index (χ2v) is 3.42. The van der Waals surface area contributed by atoms with Crippen molar-refractivity contribution in [3.8, 4) is 0 Å². The predicted octanol–water partition coefficient (Wildman–Crippen LogP) is 2.59. The molecular weight excluding hydrogens is 231 g/mol. The summed E-state index contributed by atoms with van der Waals surface area (Å²) < 4.78 is 13.0. The van der Waals surface area contributed by atoms with Crippen molar-refractivity contribution in [2.45, 2.75) is 0 Å². The summed E-state index contributed by atoms with van der Waals surface area (Å²) in [5.41, 5.74) is 6.85. The molecule has 0 unspecified atom stereocenters. The fourth-order valence-electron chi connectivity index (χ4n) is 1.17. The molecule has 4 nitrogen and oxygen atoms in total. The van der Waals surface area contributed by atoms with Gasteiger partial charge in [-0.3, -0.25) is 0 Å². The van der Waals surface area contributed by atoms with Crippen LogP contribution in [-0.2, 0) is 0 Å². The molecule has 2 aromatic rings. The molecule has 0 bridgehead atoms. The first-order valence-electron chi connectivity index (χ1n) is 4.46. The number of nitrogens with two attached hydrogens (primary N) is 1. The molecule has 0 aliphatic heterocycles. The molecule has 16 heavy (non-hydrogen) atoms. The highest BCUT2D eigenvalue weighted by Gasteiger charge is 2.09. The van der Waals surface area contributed by atoms with Gasteiger partial charge in [-0.2, -0.15) is 4.39 Å². The van der Waals surface area contributed by atoms with E-state index in [1.165, 1.54) is 0 Å². The van der Waals surface area contributed by atoms with E-state index in [1.807, 2.05) is 0 Å². The van der Waals surface area contributed by atoms with E-state index in [4.69, 9.17) is 17.3 Å². The summed E-state index contributed by atoms with van der Waals surface area (Å²) in [5, 5.41) is 2.67. The molecule has 0 saturated heterocycles. The number of aromatic nitrogens is 2. The molecule has 6 heteroatoms. The SMILES string of the molecule is Nc1ccccc1Nc1ncnc(F)c1Cl. The second-order valence-electron chi connectivity index (χ2n) is 3.04. The topological polar surface area (TPSA) is 63.8 Å². The van der Waals surface area contributed by atoms with E-state index in [0.29, 0.717) is 11.4 Å². The number of nitrogens with zero attached hydrogens (tertiary/aromatic N) is 2. The van der Waals surface area contributed by atoms with Crippen LogP contribution < -0.4 is 11.1 Å². The Morgan fingerprint density at radius 2 is 2.00 bits per heavy atom. The van der Waals surface area contributed by atoms with Gasteiger partial charge in [0.1, 0.15) is 11.3 Å². The summed E-state index contributed by atoms with van der Waals surface area (Å²) in [5.74, 6) is -0.583. The Morgan fingerprint density at radius 3 is 2.75 bits per heavy atom. The fourth-order valence-corrected chi connectivity index (χ4v) is 1.32. The van der Waals surface area contributed by atoms with E-state index in [1.54, 1.807) is 24.3 Å². The van der Waals surface area contributed by atoms with Crippen LogP contribution in [0.2, 0.25) is 5.02 Å². The maximum absolute atomic E-state index is 13.0. The Morgan fingerprint density at radius 1 is 1.25 bits per heavy atom. The van der Waals surface area contributed by atoms with Crippen LogP contribution in [0.4, 0.5) is 21.6 Å². The summed E-state index contributed by atoms with van der Waals surface area (Å²) in [6.45, 7) is 0. The van der Waals surface area contributed by atoms with E-state index in [-0.39, 0.29) is 10.8 Å². The smallest absolute Gasteiger partial charge is 0.236 e. The molecule has 0 amide bonds. The lowest BCUT2D eigenvalue weighted by Gasteiger charge is -2.09. The highest BCUT2D eigenvalue weighted by atomic mass is 35.5. The van der Waals surface area contributed by atoms with Crippen molar-refractivity contribution in [3.63, 3.8) is 0 Å². The largest absolute Gasteiger partial charge is 0.397 e. The van der Waals surface area contributed by atoms with E-state index in [2.05, 4.69) is 15.3 Å². The molecule has 82 valence electrons. The lowest BCUT2D eigenvalue weighted by molar-refractivity contribution is 0.581. The van der Waals surface area contributed by atoms with Crippen LogP contribution in [0.5, 0.6) is 0 Å². The molecule has 1 aromatic carbocycles. The van der Waals surface area contributed by atoms with E-state index in [9.17, 15) is 4.39 Å². The van der Waals surface area contributed by atoms with Crippen molar-refractivity contribution in [3.05, 3.63) is 41.6 Å². The zero-order chi connectivity index (χ0) is 11.5. The van der Waals surface area contributed by atoms with Gasteiger partial charge in [-0.25, -0.2) is 9.97 Å². The molecule has 0 fully saturated rings. The van der Waals surface area contributed by atoms with Gasteiger partial charge < -0.3 is 11.1 Å². The highest BCUT2D eigenvalue weighted by molar-refractivity contribution is 6.33. The number of hydrogen-bond donors (Lipinski definition) is 2. The lowest BCUT2D eigenvalue weighted by Crippen LogP contribution is -2.00. The Kier molecular flexibility index (Phi) is 2.87. The maximum Gasteiger partial charge on any atom is 0.236 e. The predicted molar refractivity (Wildman–Crippen MR) is 61.1 cm³/mol. The first-order chi connectivity index (χ1) is 7.68. The molecule has 1 aromatic heterocycles. The molecule has 0 saturated carbocycles. The van der Waals surface area contributed by atoms with E-state index >= 15 is 0 Å². The van der Waals surface area contributed by atoms with Gasteiger partial charge in [0.05, 0.1) is 11.4 Å². The Labute approximate surface area is 96.3 Å². The number of halogens is 2. The number of nitrogens with one attached hydrogen (secondary N) is 1. The first-order valence-corrected chi connectivity index (χ1v) is 4.84. The maximum atomic E-state index is 13.0. The average molecular weight is 239 g/mol. The number of para-hydroxylation sites is 2. The normalized spacial score (nSPS) is 10.1. The van der Waals surface area contributed by atoms with Gasteiger partial charge >= 0.3 is 0 Å². The molecule has 1 heterocycles. The zero-order valence-electron chi connectivity index (χ0n) is 8.11. The first kappa shape index (κ1) is 10.6. The summed E-state index contributed by atoms with van der Waals surface area (Å²) >= 11 is 5.69. The molecular formula is C10H8ClFN4. The van der Waals surface area contributed by atoms with Gasteiger partial charge in [0.15, 0.2) is 5.82 Å². The van der Waals surface area contributed by atoms with Crippen LogP contribution in [-0.4, -0.2) is 9.97 Å². The lowest BCUT2D eigenvalue weighted by atomic mass is 10.3. The Balaban J connectivity index is 2.35.